The Morgan fingerprint density at radius 1 is 1.30 bits per heavy atom. The van der Waals surface area contributed by atoms with Crippen LogP contribution in [-0.4, -0.2) is 27.5 Å². The minimum absolute atomic E-state index is 0.221. The summed E-state index contributed by atoms with van der Waals surface area (Å²) in [5.41, 5.74) is 6.24. The normalized spacial score (nSPS) is 16.9. The van der Waals surface area contributed by atoms with Gasteiger partial charge in [-0.05, 0) is 18.2 Å². The van der Waals surface area contributed by atoms with Gasteiger partial charge in [0.1, 0.15) is 17.5 Å². The van der Waals surface area contributed by atoms with E-state index in [9.17, 15) is 8.78 Å². The molecule has 2 N–H and O–H groups in total. The third-order valence-electron chi connectivity index (χ3n) is 3.64. The highest BCUT2D eigenvalue weighted by atomic mass is 19.1. The first kappa shape index (κ1) is 13.2. The fraction of sp³-hybridized carbons (Fsp3) is 0.357. The Balaban J connectivity index is 1.71. The van der Waals surface area contributed by atoms with Crippen LogP contribution in [0.15, 0.2) is 30.6 Å². The number of aromatic nitrogens is 2. The van der Waals surface area contributed by atoms with Gasteiger partial charge in [-0.1, -0.05) is 0 Å². The number of hydrogen-bond donors (Lipinski definition) is 1. The van der Waals surface area contributed by atoms with E-state index in [2.05, 4.69) is 14.5 Å². The van der Waals surface area contributed by atoms with Gasteiger partial charge in [0.05, 0.1) is 6.54 Å². The molecule has 3 rings (SSSR count). The van der Waals surface area contributed by atoms with Gasteiger partial charge in [0.2, 0.25) is 0 Å². The van der Waals surface area contributed by atoms with Crippen LogP contribution in [0.3, 0.4) is 0 Å². The highest BCUT2D eigenvalue weighted by Crippen LogP contribution is 2.19. The van der Waals surface area contributed by atoms with Gasteiger partial charge in [0.25, 0.3) is 0 Å². The molecule has 106 valence electrons. The van der Waals surface area contributed by atoms with E-state index in [4.69, 9.17) is 5.73 Å². The molecule has 0 amide bonds. The highest BCUT2D eigenvalue weighted by molar-refractivity contribution is 5.22. The number of benzene rings is 1. The molecule has 4 nitrogen and oxygen atoms in total. The quantitative estimate of drug-likeness (QED) is 0.929. The SMILES string of the molecule is NC(CN1CCn2ccnc2C1)c1cc(F)ccc1F. The number of halogens is 2. The maximum absolute atomic E-state index is 13.7. The topological polar surface area (TPSA) is 47.1 Å². The van der Waals surface area contributed by atoms with Crippen LogP contribution in [-0.2, 0) is 13.1 Å². The van der Waals surface area contributed by atoms with Crippen molar-refractivity contribution in [1.82, 2.24) is 14.5 Å². The molecule has 6 heteroatoms. The third kappa shape index (κ3) is 2.57. The lowest BCUT2D eigenvalue weighted by Crippen LogP contribution is -2.38. The van der Waals surface area contributed by atoms with E-state index in [1.54, 1.807) is 6.20 Å². The number of fused-ring (bicyclic) bond motifs is 1. The van der Waals surface area contributed by atoms with Crippen molar-refractivity contribution in [2.75, 3.05) is 13.1 Å². The van der Waals surface area contributed by atoms with Crippen molar-refractivity contribution < 1.29 is 8.78 Å². The van der Waals surface area contributed by atoms with Crippen molar-refractivity contribution >= 4 is 0 Å². The van der Waals surface area contributed by atoms with Crippen LogP contribution in [0.5, 0.6) is 0 Å². The summed E-state index contributed by atoms with van der Waals surface area (Å²) in [6, 6.07) is 2.84. The van der Waals surface area contributed by atoms with Gasteiger partial charge in [-0.15, -0.1) is 0 Å². The standard InChI is InChI=1S/C14H16F2N4/c15-10-1-2-12(16)11(7-10)13(17)8-19-5-6-20-4-3-18-14(20)9-19/h1-4,7,13H,5-6,8-9,17H2. The van der Waals surface area contributed by atoms with Crippen molar-refractivity contribution in [3.8, 4) is 0 Å². The predicted octanol–water partition coefficient (Wildman–Crippen LogP) is 1.68. The molecule has 1 aromatic carbocycles. The Morgan fingerprint density at radius 2 is 2.15 bits per heavy atom. The van der Waals surface area contributed by atoms with Crippen molar-refractivity contribution in [2.45, 2.75) is 19.1 Å². The Morgan fingerprint density at radius 3 is 3.00 bits per heavy atom. The minimum Gasteiger partial charge on any atom is -0.333 e. The highest BCUT2D eigenvalue weighted by Gasteiger charge is 2.21. The minimum atomic E-state index is -0.549. The second-order valence-corrected chi connectivity index (χ2v) is 5.04. The molecular weight excluding hydrogens is 262 g/mol. The first-order valence-electron chi connectivity index (χ1n) is 6.56. The van der Waals surface area contributed by atoms with Crippen LogP contribution in [0.1, 0.15) is 17.4 Å². The Hall–Kier alpha value is -1.79. The molecule has 0 fully saturated rings. The monoisotopic (exact) mass is 278 g/mol. The first-order chi connectivity index (χ1) is 9.63. The summed E-state index contributed by atoms with van der Waals surface area (Å²) in [7, 11) is 0. The van der Waals surface area contributed by atoms with Gasteiger partial charge in [0.15, 0.2) is 0 Å². The third-order valence-corrected chi connectivity index (χ3v) is 3.64. The predicted molar refractivity (Wildman–Crippen MR) is 70.8 cm³/mol. The van der Waals surface area contributed by atoms with Crippen LogP contribution in [0, 0.1) is 11.6 Å². The molecule has 0 saturated carbocycles. The molecule has 1 aliphatic rings. The zero-order chi connectivity index (χ0) is 14.1. The number of nitrogens with two attached hydrogens (primary N) is 1. The summed E-state index contributed by atoms with van der Waals surface area (Å²) < 4.78 is 29.0. The molecule has 0 spiro atoms. The van der Waals surface area contributed by atoms with Crippen LogP contribution < -0.4 is 5.73 Å². The van der Waals surface area contributed by atoms with Crippen molar-refractivity contribution in [2.24, 2.45) is 5.73 Å². The van der Waals surface area contributed by atoms with Crippen LogP contribution in [0.2, 0.25) is 0 Å². The first-order valence-corrected chi connectivity index (χ1v) is 6.56. The lowest BCUT2D eigenvalue weighted by Gasteiger charge is -2.29. The van der Waals surface area contributed by atoms with Gasteiger partial charge in [0, 0.05) is 43.6 Å². The Labute approximate surface area is 115 Å². The number of rotatable bonds is 3. The van der Waals surface area contributed by atoms with E-state index in [0.29, 0.717) is 13.1 Å². The molecule has 1 atom stereocenters. The lowest BCUT2D eigenvalue weighted by atomic mass is 10.1. The molecule has 0 saturated heterocycles. The zero-order valence-electron chi connectivity index (χ0n) is 11.0. The second-order valence-electron chi connectivity index (χ2n) is 5.04. The van der Waals surface area contributed by atoms with Crippen LogP contribution in [0.4, 0.5) is 8.78 Å². The fourth-order valence-electron chi connectivity index (χ4n) is 2.55. The van der Waals surface area contributed by atoms with Gasteiger partial charge in [-0.2, -0.15) is 0 Å². The molecule has 20 heavy (non-hydrogen) atoms. The Kier molecular flexibility index (Phi) is 3.50. The van der Waals surface area contributed by atoms with E-state index in [-0.39, 0.29) is 5.56 Å². The van der Waals surface area contributed by atoms with Crippen LogP contribution in [0.25, 0.3) is 0 Å². The van der Waals surface area contributed by atoms with Gasteiger partial charge < -0.3 is 10.3 Å². The van der Waals surface area contributed by atoms with E-state index in [0.717, 1.165) is 31.0 Å². The van der Waals surface area contributed by atoms with Crippen LogP contribution >= 0.6 is 0 Å². The molecule has 1 aromatic heterocycles. The molecule has 1 aliphatic heterocycles. The maximum atomic E-state index is 13.7. The fourth-order valence-corrected chi connectivity index (χ4v) is 2.55. The summed E-state index contributed by atoms with van der Waals surface area (Å²) >= 11 is 0. The van der Waals surface area contributed by atoms with Crippen molar-refractivity contribution in [3.63, 3.8) is 0 Å². The largest absolute Gasteiger partial charge is 0.333 e. The van der Waals surface area contributed by atoms with E-state index < -0.39 is 17.7 Å². The molecule has 0 aliphatic carbocycles. The molecule has 0 radical (unpaired) electrons. The molecule has 2 heterocycles. The summed E-state index contributed by atoms with van der Waals surface area (Å²) in [6.07, 6.45) is 3.71. The molecular formula is C14H16F2N4. The number of imidazole rings is 1. The molecule has 2 aromatic rings. The van der Waals surface area contributed by atoms with E-state index in [1.165, 1.54) is 6.07 Å². The average Bonchev–Trinajstić information content (AvgIpc) is 2.89. The summed E-state index contributed by atoms with van der Waals surface area (Å²) in [5, 5.41) is 0. The van der Waals surface area contributed by atoms with Gasteiger partial charge in [-0.25, -0.2) is 13.8 Å². The zero-order valence-corrected chi connectivity index (χ0v) is 11.0. The van der Waals surface area contributed by atoms with Crippen molar-refractivity contribution in [3.05, 3.63) is 53.6 Å². The van der Waals surface area contributed by atoms with Gasteiger partial charge in [-0.3, -0.25) is 4.90 Å². The van der Waals surface area contributed by atoms with Crippen molar-refractivity contribution in [1.29, 1.82) is 0 Å². The van der Waals surface area contributed by atoms with E-state index in [1.807, 2.05) is 6.20 Å². The summed E-state index contributed by atoms with van der Waals surface area (Å²) in [4.78, 5) is 6.37. The second kappa shape index (κ2) is 5.30. The Bertz CT molecular complexity index is 611. The summed E-state index contributed by atoms with van der Waals surface area (Å²) in [6.45, 7) is 2.83. The maximum Gasteiger partial charge on any atom is 0.128 e. The summed E-state index contributed by atoms with van der Waals surface area (Å²) in [5.74, 6) is 0.0478. The lowest BCUT2D eigenvalue weighted by molar-refractivity contribution is 0.204. The number of hydrogen-bond acceptors (Lipinski definition) is 3. The smallest absolute Gasteiger partial charge is 0.128 e. The number of nitrogens with zero attached hydrogens (tertiary/aromatic N) is 3. The van der Waals surface area contributed by atoms with Gasteiger partial charge >= 0.3 is 0 Å². The van der Waals surface area contributed by atoms with E-state index >= 15 is 0 Å². The molecule has 0 bridgehead atoms. The average molecular weight is 278 g/mol. The molecule has 1 unspecified atom stereocenters.